The van der Waals surface area contributed by atoms with Crippen molar-refractivity contribution in [2.24, 2.45) is 0 Å². The fraction of sp³-hybridized carbons (Fsp3) is 0.238. The van der Waals surface area contributed by atoms with Gasteiger partial charge in [-0.2, -0.15) is 17.9 Å². The van der Waals surface area contributed by atoms with Gasteiger partial charge in [-0.1, -0.05) is 0 Å². The topological polar surface area (TPSA) is 93.7 Å². The van der Waals surface area contributed by atoms with Crippen LogP contribution in [0.1, 0.15) is 17.8 Å². The molecule has 3 N–H and O–H groups in total. The number of aromatic nitrogens is 5. The summed E-state index contributed by atoms with van der Waals surface area (Å²) in [5.41, 5.74) is 8.75. The Labute approximate surface area is 179 Å². The standard InChI is InChI=1S/C21H18F4N6O/c1-11-9-14(10-12(2)27-11)16-17(13-3-5-15(22)6-4-13)28-19(26)31-18(16)29-30(20(31)32)8-7-21(23,24)25/h3-6,9-10H,7-8H2,1-2H3,(H2,26,27,28,29)/p+1. The van der Waals surface area contributed by atoms with E-state index in [-0.39, 0.29) is 11.6 Å². The van der Waals surface area contributed by atoms with Crippen LogP contribution in [-0.4, -0.2) is 25.9 Å². The number of aromatic amines is 1. The Hall–Kier alpha value is -3.76. The van der Waals surface area contributed by atoms with Gasteiger partial charge < -0.3 is 5.73 Å². The van der Waals surface area contributed by atoms with Crippen molar-refractivity contribution < 1.29 is 22.0 Å². The summed E-state index contributed by atoms with van der Waals surface area (Å²) in [6.45, 7) is 2.98. The number of nitrogen functional groups attached to an aromatic ring is 1. The molecule has 4 aromatic rings. The Morgan fingerprint density at radius 3 is 2.28 bits per heavy atom. The molecule has 0 saturated heterocycles. The number of nitrogens with zero attached hydrogens (tertiary/aromatic N) is 4. The van der Waals surface area contributed by atoms with E-state index in [4.69, 9.17) is 5.73 Å². The molecular formula is C21H19F4N6O+. The highest BCUT2D eigenvalue weighted by molar-refractivity contribution is 5.88. The highest BCUT2D eigenvalue weighted by Crippen LogP contribution is 2.33. The Morgan fingerprint density at radius 1 is 1.06 bits per heavy atom. The lowest BCUT2D eigenvalue weighted by Gasteiger charge is -2.10. The zero-order valence-electron chi connectivity index (χ0n) is 17.2. The largest absolute Gasteiger partial charge is 0.428 e. The number of nitrogens with two attached hydrogens (primary N) is 1. The number of aryl methyl sites for hydroxylation is 3. The van der Waals surface area contributed by atoms with Crippen LogP contribution in [0.3, 0.4) is 0 Å². The van der Waals surface area contributed by atoms with E-state index in [1.807, 2.05) is 0 Å². The van der Waals surface area contributed by atoms with Crippen LogP contribution in [0.25, 0.3) is 28.0 Å². The summed E-state index contributed by atoms with van der Waals surface area (Å²) in [7, 11) is 0. The molecule has 0 aliphatic heterocycles. The van der Waals surface area contributed by atoms with Gasteiger partial charge in [0.2, 0.25) is 5.65 Å². The van der Waals surface area contributed by atoms with Crippen LogP contribution in [0.15, 0.2) is 41.2 Å². The Morgan fingerprint density at radius 2 is 1.69 bits per heavy atom. The molecule has 0 unspecified atom stereocenters. The predicted molar refractivity (Wildman–Crippen MR) is 109 cm³/mol. The van der Waals surface area contributed by atoms with Gasteiger partial charge in [0.05, 0.1) is 18.5 Å². The average Bonchev–Trinajstić information content (AvgIpc) is 3.02. The van der Waals surface area contributed by atoms with Crippen molar-refractivity contribution >= 4 is 11.6 Å². The summed E-state index contributed by atoms with van der Waals surface area (Å²) < 4.78 is 53.6. The van der Waals surface area contributed by atoms with Gasteiger partial charge in [-0.15, -0.1) is 9.38 Å². The second-order valence-corrected chi connectivity index (χ2v) is 7.43. The minimum Gasteiger partial charge on any atom is -0.319 e. The van der Waals surface area contributed by atoms with Crippen LogP contribution in [0.2, 0.25) is 0 Å². The first-order chi connectivity index (χ1) is 15.0. The second kappa shape index (κ2) is 7.74. The number of halogens is 4. The molecule has 4 rings (SSSR count). The number of rotatable bonds is 4. The van der Waals surface area contributed by atoms with Gasteiger partial charge in [-0.25, -0.2) is 14.3 Å². The third-order valence-corrected chi connectivity index (χ3v) is 4.92. The highest BCUT2D eigenvalue weighted by atomic mass is 19.4. The number of alkyl halides is 3. The second-order valence-electron chi connectivity index (χ2n) is 7.43. The maximum absolute atomic E-state index is 13.5. The molecule has 0 amide bonds. The quantitative estimate of drug-likeness (QED) is 0.371. The highest BCUT2D eigenvalue weighted by Gasteiger charge is 2.30. The summed E-state index contributed by atoms with van der Waals surface area (Å²) in [6, 6.07) is 9.06. The Bertz CT molecular complexity index is 1350. The van der Waals surface area contributed by atoms with E-state index in [2.05, 4.69) is 15.1 Å². The van der Waals surface area contributed by atoms with E-state index >= 15 is 0 Å². The van der Waals surface area contributed by atoms with Crippen molar-refractivity contribution in [1.82, 2.24) is 19.7 Å². The van der Waals surface area contributed by atoms with Crippen LogP contribution in [0.5, 0.6) is 0 Å². The van der Waals surface area contributed by atoms with E-state index in [1.165, 1.54) is 24.3 Å². The number of hydrogen-bond acceptors (Lipinski definition) is 4. The van der Waals surface area contributed by atoms with Crippen LogP contribution in [-0.2, 0) is 6.54 Å². The molecule has 11 heteroatoms. The molecule has 0 bridgehead atoms. The minimum atomic E-state index is -4.44. The molecule has 0 atom stereocenters. The number of benzene rings is 1. The zero-order chi connectivity index (χ0) is 23.2. The molecule has 0 aliphatic carbocycles. The number of pyridine rings is 1. The summed E-state index contributed by atoms with van der Waals surface area (Å²) >= 11 is 0. The number of nitrogens with one attached hydrogen (secondary N) is 1. The summed E-state index contributed by atoms with van der Waals surface area (Å²) in [5.74, 6) is -0.654. The lowest BCUT2D eigenvalue weighted by atomic mass is 9.99. The zero-order valence-corrected chi connectivity index (χ0v) is 17.2. The maximum atomic E-state index is 13.5. The van der Waals surface area contributed by atoms with Crippen molar-refractivity contribution in [2.45, 2.75) is 33.0 Å². The van der Waals surface area contributed by atoms with Crippen LogP contribution >= 0.6 is 0 Å². The van der Waals surface area contributed by atoms with Crippen molar-refractivity contribution in [3.05, 3.63) is 64.1 Å². The molecule has 1 aromatic carbocycles. The lowest BCUT2D eigenvalue weighted by molar-refractivity contribution is -0.516. The fourth-order valence-corrected chi connectivity index (χ4v) is 3.61. The molecule has 0 saturated carbocycles. The van der Waals surface area contributed by atoms with E-state index in [1.54, 1.807) is 26.0 Å². The molecule has 32 heavy (non-hydrogen) atoms. The molecule has 7 nitrogen and oxygen atoms in total. The molecule has 0 radical (unpaired) electrons. The van der Waals surface area contributed by atoms with E-state index in [0.29, 0.717) is 33.8 Å². The first-order valence-corrected chi connectivity index (χ1v) is 9.66. The summed E-state index contributed by atoms with van der Waals surface area (Å²) in [4.78, 5) is 21.5. The normalized spacial score (nSPS) is 11.9. The van der Waals surface area contributed by atoms with E-state index in [0.717, 1.165) is 9.08 Å². The van der Waals surface area contributed by atoms with Gasteiger partial charge >= 0.3 is 17.8 Å². The summed E-state index contributed by atoms with van der Waals surface area (Å²) in [5, 5.41) is 2.76. The maximum Gasteiger partial charge on any atom is 0.428 e. The Kier molecular flexibility index (Phi) is 5.19. The van der Waals surface area contributed by atoms with Gasteiger partial charge in [0.15, 0.2) is 0 Å². The number of fused-ring (bicyclic) bond motifs is 1. The SMILES string of the molecule is Cc1cc(-c2c(-c3ccc(F)cc3)nc(N)[n+]3c(=O)n(CCC(F)(F)F)[nH]c23)cc(C)n1. The minimum absolute atomic E-state index is 0.175. The van der Waals surface area contributed by atoms with Crippen molar-refractivity contribution in [1.29, 1.82) is 0 Å². The Balaban J connectivity index is 2.05. The lowest BCUT2D eigenvalue weighted by Crippen LogP contribution is -2.44. The predicted octanol–water partition coefficient (Wildman–Crippen LogP) is 3.33. The molecule has 0 fully saturated rings. The van der Waals surface area contributed by atoms with E-state index < -0.39 is 30.6 Å². The van der Waals surface area contributed by atoms with Gasteiger partial charge in [-0.3, -0.25) is 4.98 Å². The molecule has 166 valence electrons. The molecule has 3 heterocycles. The third-order valence-electron chi connectivity index (χ3n) is 4.92. The fourth-order valence-electron chi connectivity index (χ4n) is 3.61. The van der Waals surface area contributed by atoms with Gasteiger partial charge in [-0.05, 0) is 55.8 Å². The van der Waals surface area contributed by atoms with Gasteiger partial charge in [0, 0.05) is 17.0 Å². The van der Waals surface area contributed by atoms with E-state index in [9.17, 15) is 22.4 Å². The van der Waals surface area contributed by atoms with Crippen LogP contribution in [0, 0.1) is 19.7 Å². The average molecular weight is 447 g/mol. The first kappa shape index (κ1) is 21.5. The smallest absolute Gasteiger partial charge is 0.319 e. The number of hydrogen-bond donors (Lipinski definition) is 2. The molecule has 0 aliphatic rings. The van der Waals surface area contributed by atoms with Gasteiger partial charge in [0.1, 0.15) is 11.5 Å². The van der Waals surface area contributed by atoms with Crippen LogP contribution in [0.4, 0.5) is 23.5 Å². The van der Waals surface area contributed by atoms with Crippen molar-refractivity contribution in [3.8, 4) is 22.4 Å². The molecule has 0 spiro atoms. The number of anilines is 1. The third kappa shape index (κ3) is 4.05. The first-order valence-electron chi connectivity index (χ1n) is 9.66. The molecular weight excluding hydrogens is 428 g/mol. The monoisotopic (exact) mass is 447 g/mol. The number of H-pyrrole nitrogens is 1. The summed E-state index contributed by atoms with van der Waals surface area (Å²) in [6.07, 6.45) is -5.63. The van der Waals surface area contributed by atoms with Gasteiger partial charge in [0.25, 0.3) is 0 Å². The van der Waals surface area contributed by atoms with Crippen LogP contribution < -0.4 is 15.8 Å². The van der Waals surface area contributed by atoms with Crippen molar-refractivity contribution in [3.63, 3.8) is 0 Å². The molecule has 3 aromatic heterocycles. The van der Waals surface area contributed by atoms with Crippen molar-refractivity contribution in [2.75, 3.05) is 5.73 Å².